The van der Waals surface area contributed by atoms with Crippen LogP contribution in [0.4, 0.5) is 4.39 Å². The van der Waals surface area contributed by atoms with E-state index in [1.807, 2.05) is 37.3 Å². The maximum absolute atomic E-state index is 13.1. The normalized spacial score (nSPS) is 10.9. The van der Waals surface area contributed by atoms with Crippen molar-refractivity contribution in [2.75, 3.05) is 6.54 Å². The molecule has 1 N–H and O–H groups in total. The predicted molar refractivity (Wildman–Crippen MR) is 92.2 cm³/mol. The summed E-state index contributed by atoms with van der Waals surface area (Å²) in [5, 5.41) is 2.92. The monoisotopic (exact) mass is 325 g/mol. The maximum Gasteiger partial charge on any atom is 0.220 e. The highest BCUT2D eigenvalue weighted by atomic mass is 19.1. The van der Waals surface area contributed by atoms with Crippen molar-refractivity contribution in [1.82, 2.24) is 14.9 Å². The number of rotatable bonds is 6. The lowest BCUT2D eigenvalue weighted by molar-refractivity contribution is -0.121. The second kappa shape index (κ2) is 7.25. The minimum absolute atomic E-state index is 0.0265. The highest BCUT2D eigenvalue weighted by Crippen LogP contribution is 2.14. The SMILES string of the molecule is Cc1nc2ccccc2n1CCNC(=O)CCc1cccc(F)c1. The number of benzene rings is 2. The Balaban J connectivity index is 1.50. The van der Waals surface area contributed by atoms with Crippen LogP contribution < -0.4 is 5.32 Å². The van der Waals surface area contributed by atoms with Gasteiger partial charge in [0.25, 0.3) is 0 Å². The van der Waals surface area contributed by atoms with Crippen molar-refractivity contribution < 1.29 is 9.18 Å². The topological polar surface area (TPSA) is 46.9 Å². The van der Waals surface area contributed by atoms with Gasteiger partial charge in [-0.3, -0.25) is 4.79 Å². The quantitative estimate of drug-likeness (QED) is 0.756. The molecule has 0 aliphatic rings. The van der Waals surface area contributed by atoms with Crippen LogP contribution in [0.25, 0.3) is 11.0 Å². The zero-order valence-electron chi connectivity index (χ0n) is 13.6. The summed E-state index contributed by atoms with van der Waals surface area (Å²) in [6.45, 7) is 3.19. The number of para-hydroxylation sites is 2. The van der Waals surface area contributed by atoms with Crippen LogP contribution in [0.3, 0.4) is 0 Å². The van der Waals surface area contributed by atoms with Gasteiger partial charge < -0.3 is 9.88 Å². The van der Waals surface area contributed by atoms with Crippen LogP contribution in [0.15, 0.2) is 48.5 Å². The van der Waals surface area contributed by atoms with Crippen molar-refractivity contribution in [3.63, 3.8) is 0 Å². The molecule has 0 spiro atoms. The molecule has 0 bridgehead atoms. The third-order valence-electron chi connectivity index (χ3n) is 4.03. The average molecular weight is 325 g/mol. The van der Waals surface area contributed by atoms with Gasteiger partial charge in [0, 0.05) is 19.5 Å². The summed E-state index contributed by atoms with van der Waals surface area (Å²) in [5.41, 5.74) is 2.87. The van der Waals surface area contributed by atoms with Crippen LogP contribution in [0.1, 0.15) is 17.8 Å². The molecule has 2 aromatic carbocycles. The first-order chi connectivity index (χ1) is 11.6. The van der Waals surface area contributed by atoms with Crippen LogP contribution in [0, 0.1) is 12.7 Å². The molecule has 0 fully saturated rings. The molecule has 0 unspecified atom stereocenters. The number of nitrogens with one attached hydrogen (secondary N) is 1. The minimum atomic E-state index is -0.268. The van der Waals surface area contributed by atoms with Gasteiger partial charge >= 0.3 is 0 Å². The Bertz CT molecular complexity index is 857. The highest BCUT2D eigenvalue weighted by molar-refractivity contribution is 5.77. The Morgan fingerprint density at radius 2 is 2.04 bits per heavy atom. The smallest absolute Gasteiger partial charge is 0.220 e. The van der Waals surface area contributed by atoms with E-state index in [9.17, 15) is 9.18 Å². The lowest BCUT2D eigenvalue weighted by Gasteiger charge is -2.09. The van der Waals surface area contributed by atoms with Gasteiger partial charge in [0.2, 0.25) is 5.91 Å². The third-order valence-corrected chi connectivity index (χ3v) is 4.03. The van der Waals surface area contributed by atoms with Crippen molar-refractivity contribution in [3.8, 4) is 0 Å². The molecular formula is C19H20FN3O. The number of halogens is 1. The Hall–Kier alpha value is -2.69. The largest absolute Gasteiger partial charge is 0.354 e. The molecule has 124 valence electrons. The number of carbonyl (C=O) groups excluding carboxylic acids is 1. The second-order valence-electron chi connectivity index (χ2n) is 5.78. The molecule has 0 radical (unpaired) electrons. The molecule has 0 saturated heterocycles. The van der Waals surface area contributed by atoms with Crippen LogP contribution in [-0.4, -0.2) is 22.0 Å². The van der Waals surface area contributed by atoms with Crippen molar-refractivity contribution >= 4 is 16.9 Å². The molecule has 3 aromatic rings. The number of nitrogens with zero attached hydrogens (tertiary/aromatic N) is 2. The fourth-order valence-electron chi connectivity index (χ4n) is 2.82. The van der Waals surface area contributed by atoms with E-state index < -0.39 is 0 Å². The molecule has 5 heteroatoms. The van der Waals surface area contributed by atoms with Gasteiger partial charge in [-0.25, -0.2) is 9.37 Å². The molecule has 1 heterocycles. The number of hydrogen-bond acceptors (Lipinski definition) is 2. The van der Waals surface area contributed by atoms with Crippen LogP contribution in [0.2, 0.25) is 0 Å². The Morgan fingerprint density at radius 3 is 2.88 bits per heavy atom. The van der Waals surface area contributed by atoms with Gasteiger partial charge in [0.05, 0.1) is 11.0 Å². The van der Waals surface area contributed by atoms with Gasteiger partial charge in [-0.05, 0) is 43.2 Å². The lowest BCUT2D eigenvalue weighted by atomic mass is 10.1. The molecule has 4 nitrogen and oxygen atoms in total. The molecule has 3 rings (SSSR count). The fourth-order valence-corrected chi connectivity index (χ4v) is 2.82. The number of hydrogen-bond donors (Lipinski definition) is 1. The number of imidazole rings is 1. The number of aryl methyl sites for hydroxylation is 2. The van der Waals surface area contributed by atoms with Gasteiger partial charge in [0.15, 0.2) is 0 Å². The van der Waals surface area contributed by atoms with E-state index in [0.717, 1.165) is 22.4 Å². The molecule has 1 amide bonds. The predicted octanol–water partition coefficient (Wildman–Crippen LogP) is 3.23. The summed E-state index contributed by atoms with van der Waals surface area (Å²) >= 11 is 0. The van der Waals surface area contributed by atoms with Crippen LogP contribution >= 0.6 is 0 Å². The van der Waals surface area contributed by atoms with E-state index in [1.165, 1.54) is 12.1 Å². The molecular weight excluding hydrogens is 305 g/mol. The Morgan fingerprint density at radius 1 is 1.21 bits per heavy atom. The molecule has 1 aromatic heterocycles. The second-order valence-corrected chi connectivity index (χ2v) is 5.78. The van der Waals surface area contributed by atoms with Crippen molar-refractivity contribution in [1.29, 1.82) is 0 Å². The first-order valence-corrected chi connectivity index (χ1v) is 8.06. The minimum Gasteiger partial charge on any atom is -0.354 e. The van der Waals surface area contributed by atoms with Crippen LogP contribution in [0.5, 0.6) is 0 Å². The number of fused-ring (bicyclic) bond motifs is 1. The molecule has 0 aliphatic carbocycles. The first kappa shape index (κ1) is 16.2. The number of amides is 1. The molecule has 0 atom stereocenters. The summed E-state index contributed by atoms with van der Waals surface area (Å²) in [6, 6.07) is 14.3. The van der Waals surface area contributed by atoms with Gasteiger partial charge in [-0.15, -0.1) is 0 Å². The molecule has 0 aliphatic heterocycles. The summed E-state index contributed by atoms with van der Waals surface area (Å²) in [6.07, 6.45) is 0.893. The highest BCUT2D eigenvalue weighted by Gasteiger charge is 2.07. The summed E-state index contributed by atoms with van der Waals surface area (Å²) in [7, 11) is 0. The maximum atomic E-state index is 13.1. The van der Waals surface area contributed by atoms with E-state index >= 15 is 0 Å². The van der Waals surface area contributed by atoms with Gasteiger partial charge in [0.1, 0.15) is 11.6 Å². The number of aromatic nitrogens is 2. The zero-order valence-corrected chi connectivity index (χ0v) is 13.6. The standard InChI is InChI=1S/C19H20FN3O/c1-14-22-17-7-2-3-8-18(17)23(14)12-11-21-19(24)10-9-15-5-4-6-16(20)13-15/h2-8,13H,9-12H2,1H3,(H,21,24). The fraction of sp³-hybridized carbons (Fsp3) is 0.263. The van der Waals surface area contributed by atoms with E-state index in [1.54, 1.807) is 6.07 Å². The first-order valence-electron chi connectivity index (χ1n) is 8.06. The van der Waals surface area contributed by atoms with E-state index in [0.29, 0.717) is 25.9 Å². The van der Waals surface area contributed by atoms with E-state index in [-0.39, 0.29) is 11.7 Å². The molecule has 0 saturated carbocycles. The summed E-state index contributed by atoms with van der Waals surface area (Å²) in [5.74, 6) is 0.641. The average Bonchev–Trinajstić information content (AvgIpc) is 2.89. The van der Waals surface area contributed by atoms with Crippen molar-refractivity contribution in [3.05, 3.63) is 65.7 Å². The third kappa shape index (κ3) is 3.79. The Labute approximate surface area is 140 Å². The van der Waals surface area contributed by atoms with Crippen molar-refractivity contribution in [2.45, 2.75) is 26.3 Å². The van der Waals surface area contributed by atoms with E-state index in [4.69, 9.17) is 0 Å². The van der Waals surface area contributed by atoms with Gasteiger partial charge in [-0.2, -0.15) is 0 Å². The van der Waals surface area contributed by atoms with Crippen LogP contribution in [-0.2, 0) is 17.8 Å². The molecule has 24 heavy (non-hydrogen) atoms. The van der Waals surface area contributed by atoms with Crippen molar-refractivity contribution in [2.24, 2.45) is 0 Å². The zero-order chi connectivity index (χ0) is 16.9. The summed E-state index contributed by atoms with van der Waals surface area (Å²) < 4.78 is 15.2. The number of carbonyl (C=O) groups is 1. The van der Waals surface area contributed by atoms with E-state index in [2.05, 4.69) is 14.9 Å². The lowest BCUT2D eigenvalue weighted by Crippen LogP contribution is -2.27. The van der Waals surface area contributed by atoms with Gasteiger partial charge in [-0.1, -0.05) is 24.3 Å². The summed E-state index contributed by atoms with van der Waals surface area (Å²) in [4.78, 5) is 16.5. The Kier molecular flexibility index (Phi) is 4.89.